The van der Waals surface area contributed by atoms with Gasteiger partial charge in [-0.25, -0.2) is 0 Å². The molecule has 0 N–H and O–H groups in total. The monoisotopic (exact) mass is 406 g/mol. The predicted molar refractivity (Wildman–Crippen MR) is 115 cm³/mol. The summed E-state index contributed by atoms with van der Waals surface area (Å²) in [5.74, 6) is 0.920. The maximum Gasteiger partial charge on any atom is 0.236 e. The molecule has 6 nitrogen and oxygen atoms in total. The molecule has 2 aromatic rings. The van der Waals surface area contributed by atoms with Gasteiger partial charge in [-0.3, -0.25) is 19.5 Å². The minimum atomic E-state index is 0.0565. The first-order chi connectivity index (χ1) is 14.4. The van der Waals surface area contributed by atoms with Crippen LogP contribution in [-0.2, 0) is 16.1 Å². The minimum Gasteiger partial charge on any atom is -0.341 e. The fourth-order valence-electron chi connectivity index (χ4n) is 5.08. The van der Waals surface area contributed by atoms with Crippen LogP contribution < -0.4 is 0 Å². The Hall–Kier alpha value is -2.73. The summed E-state index contributed by atoms with van der Waals surface area (Å²) >= 11 is 0. The number of carbonyl (C=O) groups excluding carboxylic acids is 2. The number of fused-ring (bicyclic) bond motifs is 1. The standard InChI is InChI=1S/C24H30N4O2/c1-17-6-4-5-7-21(17)24-22-15-27(13-20(22)14-28(24)18(2)29)23(30)16-26(3)12-19-8-10-25-11-9-19/h4-11,20,22,24H,12-16H2,1-3H3/t20-,22-,24-/m1/s1. The molecule has 2 fully saturated rings. The lowest BCUT2D eigenvalue weighted by Crippen LogP contribution is -2.40. The van der Waals surface area contributed by atoms with E-state index < -0.39 is 0 Å². The summed E-state index contributed by atoms with van der Waals surface area (Å²) in [6, 6.07) is 12.3. The number of pyridine rings is 1. The minimum absolute atomic E-state index is 0.0565. The maximum atomic E-state index is 13.0. The molecule has 0 saturated carbocycles. The van der Waals surface area contributed by atoms with Crippen molar-refractivity contribution in [3.05, 3.63) is 65.5 Å². The molecule has 158 valence electrons. The number of nitrogens with zero attached hydrogens (tertiary/aromatic N) is 4. The summed E-state index contributed by atoms with van der Waals surface area (Å²) in [6.07, 6.45) is 3.55. The SMILES string of the molecule is CC(=O)N1C[C@H]2CN(C(=O)CN(C)Cc3ccncc3)C[C@H]2[C@H]1c1ccccc1C. The first kappa shape index (κ1) is 20.5. The third-order valence-corrected chi connectivity index (χ3v) is 6.54. The lowest BCUT2D eigenvalue weighted by Gasteiger charge is -2.30. The average molecular weight is 407 g/mol. The highest BCUT2D eigenvalue weighted by Gasteiger charge is 2.49. The van der Waals surface area contributed by atoms with Crippen LogP contribution in [-0.4, -0.2) is 64.7 Å². The van der Waals surface area contributed by atoms with E-state index in [-0.39, 0.29) is 17.9 Å². The summed E-state index contributed by atoms with van der Waals surface area (Å²) in [5, 5.41) is 0. The van der Waals surface area contributed by atoms with E-state index in [0.717, 1.165) is 31.7 Å². The Bertz CT molecular complexity index is 916. The first-order valence-corrected chi connectivity index (χ1v) is 10.6. The van der Waals surface area contributed by atoms with Gasteiger partial charge in [-0.05, 0) is 42.8 Å². The average Bonchev–Trinajstić information content (AvgIpc) is 3.27. The second-order valence-corrected chi connectivity index (χ2v) is 8.72. The zero-order valence-corrected chi connectivity index (χ0v) is 18.0. The summed E-state index contributed by atoms with van der Waals surface area (Å²) in [4.78, 5) is 35.4. The molecule has 0 aliphatic carbocycles. The molecule has 2 amide bonds. The molecule has 1 aromatic carbocycles. The van der Waals surface area contributed by atoms with Gasteiger partial charge in [0.05, 0.1) is 12.6 Å². The van der Waals surface area contributed by atoms with Crippen molar-refractivity contribution in [3.8, 4) is 0 Å². The largest absolute Gasteiger partial charge is 0.341 e. The Kier molecular flexibility index (Phi) is 5.86. The van der Waals surface area contributed by atoms with Gasteiger partial charge in [0.1, 0.15) is 0 Å². The quantitative estimate of drug-likeness (QED) is 0.766. The van der Waals surface area contributed by atoms with Crippen LogP contribution in [0.25, 0.3) is 0 Å². The van der Waals surface area contributed by atoms with Crippen molar-refractivity contribution in [2.45, 2.75) is 26.4 Å². The molecule has 1 aromatic heterocycles. The molecule has 4 rings (SSSR count). The molecule has 6 heteroatoms. The number of benzene rings is 1. The Morgan fingerprint density at radius 3 is 2.53 bits per heavy atom. The number of likely N-dealkylation sites (tertiary alicyclic amines) is 2. The van der Waals surface area contributed by atoms with E-state index >= 15 is 0 Å². The fourth-order valence-corrected chi connectivity index (χ4v) is 5.08. The molecule has 3 heterocycles. The summed E-state index contributed by atoms with van der Waals surface area (Å²) in [6.45, 7) is 7.06. The van der Waals surface area contributed by atoms with Gasteiger partial charge in [0, 0.05) is 57.3 Å². The van der Waals surface area contributed by atoms with Crippen molar-refractivity contribution >= 4 is 11.8 Å². The number of aryl methyl sites for hydroxylation is 1. The number of carbonyl (C=O) groups is 2. The van der Waals surface area contributed by atoms with Crippen LogP contribution in [0.3, 0.4) is 0 Å². The smallest absolute Gasteiger partial charge is 0.236 e. The maximum absolute atomic E-state index is 13.0. The molecule has 2 aliphatic rings. The van der Waals surface area contributed by atoms with E-state index in [1.165, 1.54) is 11.1 Å². The second kappa shape index (κ2) is 8.56. The van der Waals surface area contributed by atoms with Gasteiger partial charge >= 0.3 is 0 Å². The highest BCUT2D eigenvalue weighted by molar-refractivity contribution is 5.79. The summed E-state index contributed by atoms with van der Waals surface area (Å²) in [5.41, 5.74) is 3.57. The lowest BCUT2D eigenvalue weighted by molar-refractivity contribution is -0.132. The number of likely N-dealkylation sites (N-methyl/N-ethyl adjacent to an activating group) is 1. The van der Waals surface area contributed by atoms with Crippen LogP contribution in [0.5, 0.6) is 0 Å². The predicted octanol–water partition coefficient (Wildman–Crippen LogP) is 2.50. The zero-order valence-electron chi connectivity index (χ0n) is 18.0. The Morgan fingerprint density at radius 1 is 1.10 bits per heavy atom. The molecule has 0 bridgehead atoms. The van der Waals surface area contributed by atoms with E-state index in [1.807, 2.05) is 46.0 Å². The Morgan fingerprint density at radius 2 is 1.83 bits per heavy atom. The summed E-state index contributed by atoms with van der Waals surface area (Å²) < 4.78 is 0. The second-order valence-electron chi connectivity index (χ2n) is 8.72. The van der Waals surface area contributed by atoms with Crippen LogP contribution in [0.4, 0.5) is 0 Å². The molecule has 0 spiro atoms. The van der Waals surface area contributed by atoms with Gasteiger partial charge in [0.2, 0.25) is 11.8 Å². The Labute approximate surface area is 178 Å². The van der Waals surface area contributed by atoms with E-state index in [2.05, 4.69) is 24.0 Å². The van der Waals surface area contributed by atoms with Crippen LogP contribution in [0.15, 0.2) is 48.8 Å². The van der Waals surface area contributed by atoms with Crippen LogP contribution in [0.1, 0.15) is 29.7 Å². The van der Waals surface area contributed by atoms with Gasteiger partial charge in [0.25, 0.3) is 0 Å². The molecular weight excluding hydrogens is 376 g/mol. The molecule has 2 saturated heterocycles. The summed E-state index contributed by atoms with van der Waals surface area (Å²) in [7, 11) is 1.98. The Balaban J connectivity index is 1.44. The highest BCUT2D eigenvalue weighted by atomic mass is 16.2. The van der Waals surface area contributed by atoms with Gasteiger partial charge in [-0.1, -0.05) is 24.3 Å². The third kappa shape index (κ3) is 4.10. The third-order valence-electron chi connectivity index (χ3n) is 6.54. The van der Waals surface area contributed by atoms with E-state index in [1.54, 1.807) is 19.3 Å². The molecule has 3 atom stereocenters. The van der Waals surface area contributed by atoms with Gasteiger partial charge in [0.15, 0.2) is 0 Å². The van der Waals surface area contributed by atoms with E-state index in [0.29, 0.717) is 18.4 Å². The van der Waals surface area contributed by atoms with Crippen molar-refractivity contribution in [1.82, 2.24) is 19.7 Å². The molecule has 0 unspecified atom stereocenters. The number of aromatic nitrogens is 1. The molecule has 0 radical (unpaired) electrons. The molecular formula is C24H30N4O2. The first-order valence-electron chi connectivity index (χ1n) is 10.6. The fraction of sp³-hybridized carbons (Fsp3) is 0.458. The van der Waals surface area contributed by atoms with E-state index in [4.69, 9.17) is 0 Å². The molecule has 2 aliphatic heterocycles. The zero-order chi connectivity index (χ0) is 21.3. The number of rotatable bonds is 5. The van der Waals surface area contributed by atoms with Crippen LogP contribution in [0.2, 0.25) is 0 Å². The van der Waals surface area contributed by atoms with Gasteiger partial charge in [-0.15, -0.1) is 0 Å². The number of amides is 2. The normalized spacial score (nSPS) is 23.1. The van der Waals surface area contributed by atoms with Crippen LogP contribution >= 0.6 is 0 Å². The van der Waals surface area contributed by atoms with Crippen molar-refractivity contribution in [2.75, 3.05) is 33.2 Å². The van der Waals surface area contributed by atoms with Crippen molar-refractivity contribution < 1.29 is 9.59 Å². The van der Waals surface area contributed by atoms with Gasteiger partial charge in [-0.2, -0.15) is 0 Å². The number of hydrogen-bond acceptors (Lipinski definition) is 4. The van der Waals surface area contributed by atoms with Gasteiger partial charge < -0.3 is 9.80 Å². The van der Waals surface area contributed by atoms with Crippen molar-refractivity contribution in [3.63, 3.8) is 0 Å². The van der Waals surface area contributed by atoms with Crippen molar-refractivity contribution in [2.24, 2.45) is 11.8 Å². The lowest BCUT2D eigenvalue weighted by atomic mass is 9.87. The highest BCUT2D eigenvalue weighted by Crippen LogP contribution is 2.45. The van der Waals surface area contributed by atoms with E-state index in [9.17, 15) is 9.59 Å². The molecule has 30 heavy (non-hydrogen) atoms. The van der Waals surface area contributed by atoms with Crippen LogP contribution in [0, 0.1) is 18.8 Å². The number of hydrogen-bond donors (Lipinski definition) is 0. The topological polar surface area (TPSA) is 56.8 Å². The van der Waals surface area contributed by atoms with Crippen molar-refractivity contribution in [1.29, 1.82) is 0 Å².